The lowest BCUT2D eigenvalue weighted by Gasteiger charge is -2.36. The van der Waals surface area contributed by atoms with Crippen LogP contribution in [0.1, 0.15) is 43.5 Å². The quantitative estimate of drug-likeness (QED) is 0.770. The molecule has 1 aromatic heterocycles. The van der Waals surface area contributed by atoms with Gasteiger partial charge in [0, 0.05) is 11.4 Å². The summed E-state index contributed by atoms with van der Waals surface area (Å²) in [6.45, 7) is 3.09. The summed E-state index contributed by atoms with van der Waals surface area (Å²) in [6.07, 6.45) is 4.25. The molecule has 0 radical (unpaired) electrons. The van der Waals surface area contributed by atoms with E-state index in [0.717, 1.165) is 32.2 Å². The third kappa shape index (κ3) is 2.91. The number of halogens is 1. The van der Waals surface area contributed by atoms with Crippen LogP contribution in [0.5, 0.6) is 0 Å². The smallest absolute Gasteiger partial charge is 0.236 e. The molecule has 2 nitrogen and oxygen atoms in total. The Morgan fingerprint density at radius 2 is 2.47 bits per heavy atom. The highest BCUT2D eigenvalue weighted by Gasteiger charge is 2.32. The summed E-state index contributed by atoms with van der Waals surface area (Å²) in [5, 5.41) is 2.10. The number of piperidine rings is 1. The van der Waals surface area contributed by atoms with Crippen molar-refractivity contribution in [2.24, 2.45) is 0 Å². The molecule has 0 N–H and O–H groups in total. The largest absolute Gasteiger partial charge is 0.334 e. The summed E-state index contributed by atoms with van der Waals surface area (Å²) in [6, 6.07) is 4.51. The van der Waals surface area contributed by atoms with Gasteiger partial charge in [0.05, 0.1) is 10.9 Å². The first-order chi connectivity index (χ1) is 8.24. The lowest BCUT2D eigenvalue weighted by molar-refractivity contribution is -0.135. The van der Waals surface area contributed by atoms with E-state index < -0.39 is 0 Å². The molecule has 1 saturated heterocycles. The average molecular weight is 316 g/mol. The number of hydrogen-bond donors (Lipinski definition) is 0. The molecule has 1 fully saturated rings. The summed E-state index contributed by atoms with van der Waals surface area (Å²) in [5.74, 6) is 0.267. The lowest BCUT2D eigenvalue weighted by atomic mass is 10.0. The van der Waals surface area contributed by atoms with Crippen LogP contribution in [0.4, 0.5) is 0 Å². The van der Waals surface area contributed by atoms with E-state index in [2.05, 4.69) is 45.3 Å². The molecule has 94 valence electrons. The SMILES string of the molecule is CCCC(c1cccs1)N1CCCC(Br)C1=O. The highest BCUT2D eigenvalue weighted by atomic mass is 79.9. The maximum Gasteiger partial charge on any atom is 0.236 e. The number of alkyl halides is 1. The Bertz CT molecular complexity index is 366. The molecule has 17 heavy (non-hydrogen) atoms. The standard InChI is InChI=1S/C13H18BrNOS/c1-2-5-11(12-7-4-9-17-12)15-8-3-6-10(14)13(15)16/h4,7,9-11H,2-3,5-6,8H2,1H3. The van der Waals surface area contributed by atoms with Crippen LogP contribution >= 0.6 is 27.3 Å². The molecule has 0 bridgehead atoms. The van der Waals surface area contributed by atoms with Crippen molar-refractivity contribution in [3.8, 4) is 0 Å². The first-order valence-corrected chi connectivity index (χ1v) is 8.01. The zero-order valence-electron chi connectivity index (χ0n) is 10.1. The third-order valence-corrected chi connectivity index (χ3v) is 5.04. The lowest BCUT2D eigenvalue weighted by Crippen LogP contribution is -2.43. The molecular weight excluding hydrogens is 298 g/mol. The minimum absolute atomic E-state index is 0.0237. The Kier molecular flexibility index (Phi) is 4.62. The van der Waals surface area contributed by atoms with Crippen LogP contribution in [0.3, 0.4) is 0 Å². The van der Waals surface area contributed by atoms with Gasteiger partial charge in [-0.05, 0) is 30.7 Å². The number of amides is 1. The topological polar surface area (TPSA) is 20.3 Å². The summed E-state index contributed by atoms with van der Waals surface area (Å²) < 4.78 is 0. The maximum atomic E-state index is 12.2. The van der Waals surface area contributed by atoms with Gasteiger partial charge in [-0.2, -0.15) is 0 Å². The van der Waals surface area contributed by atoms with Gasteiger partial charge in [0.1, 0.15) is 0 Å². The Morgan fingerprint density at radius 1 is 1.65 bits per heavy atom. The zero-order valence-corrected chi connectivity index (χ0v) is 12.5. The Balaban J connectivity index is 2.18. The zero-order chi connectivity index (χ0) is 12.3. The van der Waals surface area contributed by atoms with Gasteiger partial charge in [-0.25, -0.2) is 0 Å². The molecule has 2 heterocycles. The second kappa shape index (κ2) is 6.01. The number of carbonyl (C=O) groups excluding carboxylic acids is 1. The molecule has 0 spiro atoms. The monoisotopic (exact) mass is 315 g/mol. The van der Waals surface area contributed by atoms with Crippen LogP contribution in [0.2, 0.25) is 0 Å². The Hall–Kier alpha value is -0.350. The molecule has 2 rings (SSSR count). The molecule has 1 aliphatic rings. The van der Waals surface area contributed by atoms with E-state index in [4.69, 9.17) is 0 Å². The summed E-state index contributed by atoms with van der Waals surface area (Å²) in [4.78, 5) is 15.6. The van der Waals surface area contributed by atoms with Crippen LogP contribution in [0.25, 0.3) is 0 Å². The van der Waals surface area contributed by atoms with E-state index >= 15 is 0 Å². The maximum absolute atomic E-state index is 12.2. The molecule has 0 aliphatic carbocycles. The minimum Gasteiger partial charge on any atom is -0.334 e. The summed E-state index contributed by atoms with van der Waals surface area (Å²) in [7, 11) is 0. The van der Waals surface area contributed by atoms with Crippen molar-refractivity contribution in [2.75, 3.05) is 6.54 Å². The molecule has 1 amide bonds. The van der Waals surface area contributed by atoms with Crippen molar-refractivity contribution in [3.63, 3.8) is 0 Å². The van der Waals surface area contributed by atoms with Crippen LogP contribution < -0.4 is 0 Å². The van der Waals surface area contributed by atoms with Crippen LogP contribution in [-0.4, -0.2) is 22.2 Å². The second-order valence-corrected chi connectivity index (χ2v) is 6.55. The Morgan fingerprint density at radius 3 is 3.12 bits per heavy atom. The number of hydrogen-bond acceptors (Lipinski definition) is 2. The normalized spacial score (nSPS) is 22.8. The summed E-state index contributed by atoms with van der Waals surface area (Å²) >= 11 is 5.25. The van der Waals surface area contributed by atoms with Crippen molar-refractivity contribution in [2.45, 2.75) is 43.5 Å². The molecular formula is C13H18BrNOS. The molecule has 4 heteroatoms. The van der Waals surface area contributed by atoms with E-state index in [0.29, 0.717) is 0 Å². The molecule has 2 atom stereocenters. The van der Waals surface area contributed by atoms with Gasteiger partial charge >= 0.3 is 0 Å². The van der Waals surface area contributed by atoms with Gasteiger partial charge in [-0.15, -0.1) is 11.3 Å². The Labute approximate surface area is 115 Å². The molecule has 0 aromatic carbocycles. The van der Waals surface area contributed by atoms with E-state index in [1.807, 2.05) is 0 Å². The van der Waals surface area contributed by atoms with Crippen molar-refractivity contribution in [3.05, 3.63) is 22.4 Å². The number of nitrogens with zero attached hydrogens (tertiary/aromatic N) is 1. The molecule has 1 aliphatic heterocycles. The van der Waals surface area contributed by atoms with Gasteiger partial charge < -0.3 is 4.90 Å². The molecule has 1 aromatic rings. The predicted molar refractivity (Wildman–Crippen MR) is 75.6 cm³/mol. The van der Waals surface area contributed by atoms with Crippen LogP contribution in [-0.2, 0) is 4.79 Å². The fraction of sp³-hybridized carbons (Fsp3) is 0.615. The first-order valence-electron chi connectivity index (χ1n) is 6.22. The number of carbonyl (C=O) groups is 1. The number of rotatable bonds is 4. The highest BCUT2D eigenvalue weighted by molar-refractivity contribution is 9.10. The van der Waals surface area contributed by atoms with E-state index in [-0.39, 0.29) is 16.8 Å². The number of likely N-dealkylation sites (tertiary alicyclic amines) is 1. The van der Waals surface area contributed by atoms with Crippen molar-refractivity contribution >= 4 is 33.2 Å². The van der Waals surface area contributed by atoms with Gasteiger partial charge in [-0.1, -0.05) is 35.3 Å². The van der Waals surface area contributed by atoms with E-state index in [9.17, 15) is 4.79 Å². The minimum atomic E-state index is 0.0237. The highest BCUT2D eigenvalue weighted by Crippen LogP contribution is 2.33. The third-order valence-electron chi connectivity index (χ3n) is 3.22. The van der Waals surface area contributed by atoms with E-state index in [1.54, 1.807) is 11.3 Å². The fourth-order valence-electron chi connectivity index (χ4n) is 2.37. The predicted octanol–water partition coefficient (Wildman–Crippen LogP) is 3.98. The van der Waals surface area contributed by atoms with Crippen LogP contribution in [0, 0.1) is 0 Å². The molecule has 0 saturated carbocycles. The van der Waals surface area contributed by atoms with Gasteiger partial charge in [0.15, 0.2) is 0 Å². The van der Waals surface area contributed by atoms with Crippen molar-refractivity contribution < 1.29 is 4.79 Å². The van der Waals surface area contributed by atoms with Crippen molar-refractivity contribution in [1.29, 1.82) is 0 Å². The summed E-state index contributed by atoms with van der Waals surface area (Å²) in [5.41, 5.74) is 0. The first kappa shape index (κ1) is 13.1. The fourth-order valence-corrected chi connectivity index (χ4v) is 3.83. The van der Waals surface area contributed by atoms with Crippen molar-refractivity contribution in [1.82, 2.24) is 4.90 Å². The van der Waals surface area contributed by atoms with Gasteiger partial charge in [0.2, 0.25) is 5.91 Å². The van der Waals surface area contributed by atoms with Gasteiger partial charge in [-0.3, -0.25) is 4.79 Å². The van der Waals surface area contributed by atoms with Gasteiger partial charge in [0.25, 0.3) is 0 Å². The molecule has 2 unspecified atom stereocenters. The van der Waals surface area contributed by atoms with E-state index in [1.165, 1.54) is 4.88 Å². The second-order valence-electron chi connectivity index (χ2n) is 4.46. The van der Waals surface area contributed by atoms with Crippen LogP contribution in [0.15, 0.2) is 17.5 Å². The average Bonchev–Trinajstić information content (AvgIpc) is 2.84. The number of thiophene rings is 1.